The Labute approximate surface area is 165 Å². The number of morpholine rings is 1. The molecule has 1 aromatic rings. The molecule has 0 amide bonds. The van der Waals surface area contributed by atoms with Gasteiger partial charge in [0.15, 0.2) is 0 Å². The smallest absolute Gasteiger partial charge is 0.0993 e. The lowest BCUT2D eigenvalue weighted by Crippen LogP contribution is -2.52. The van der Waals surface area contributed by atoms with Crippen molar-refractivity contribution in [1.29, 1.82) is 0 Å². The summed E-state index contributed by atoms with van der Waals surface area (Å²) in [6.45, 7) is 4.80. The van der Waals surface area contributed by atoms with Crippen LogP contribution in [0.3, 0.4) is 0 Å². The summed E-state index contributed by atoms with van der Waals surface area (Å²) in [6.07, 6.45) is 9.25. The maximum Gasteiger partial charge on any atom is 0.0993 e. The minimum atomic E-state index is 0.261. The fourth-order valence-electron chi connectivity index (χ4n) is 4.35. The van der Waals surface area contributed by atoms with E-state index in [0.717, 1.165) is 32.8 Å². The van der Waals surface area contributed by atoms with E-state index in [4.69, 9.17) is 4.74 Å². The van der Waals surface area contributed by atoms with Gasteiger partial charge in [0, 0.05) is 32.0 Å². The van der Waals surface area contributed by atoms with Gasteiger partial charge in [-0.15, -0.1) is 11.8 Å². The third kappa shape index (κ3) is 3.55. The summed E-state index contributed by atoms with van der Waals surface area (Å²) >= 11 is 1.88. The van der Waals surface area contributed by atoms with Crippen LogP contribution in [0.5, 0.6) is 0 Å². The second-order valence-electron chi connectivity index (χ2n) is 7.40. The molecule has 5 nitrogen and oxygen atoms in total. The molecule has 0 saturated carbocycles. The number of hydrogen-bond donors (Lipinski definition) is 2. The monoisotopic (exact) mass is 382 g/mol. The van der Waals surface area contributed by atoms with Crippen molar-refractivity contribution in [3.8, 4) is 0 Å². The summed E-state index contributed by atoms with van der Waals surface area (Å²) in [4.78, 5) is 5.08. The van der Waals surface area contributed by atoms with Crippen LogP contribution in [-0.2, 0) is 4.74 Å². The lowest BCUT2D eigenvalue weighted by atomic mass is 10.0. The van der Waals surface area contributed by atoms with Crippen molar-refractivity contribution in [1.82, 2.24) is 20.4 Å². The molecule has 0 aromatic heterocycles. The Morgan fingerprint density at radius 2 is 2.00 bits per heavy atom. The number of nitrogens with zero attached hydrogens (tertiary/aromatic N) is 2. The first-order chi connectivity index (χ1) is 13.4. The van der Waals surface area contributed by atoms with E-state index < -0.39 is 0 Å². The summed E-state index contributed by atoms with van der Waals surface area (Å²) in [5.74, 6) is 0. The number of nitrogens with one attached hydrogen (secondary N) is 2. The van der Waals surface area contributed by atoms with Crippen molar-refractivity contribution in [3.05, 3.63) is 65.9 Å². The lowest BCUT2D eigenvalue weighted by Gasteiger charge is -2.37. The summed E-state index contributed by atoms with van der Waals surface area (Å²) in [5, 5.41) is 9.92. The van der Waals surface area contributed by atoms with E-state index in [1.807, 2.05) is 11.8 Å². The standard InChI is InChI=1S/C21H26N4OS/c1-2-4-16(5-3-1)17-6-7-19-23-20(21-22-8-13-27-21)18(25(19)14-17)15-24-9-11-26-12-10-24/h1-8,13-14,18-23H,9-12,15H2. The van der Waals surface area contributed by atoms with Gasteiger partial charge in [0.1, 0.15) is 0 Å². The van der Waals surface area contributed by atoms with Gasteiger partial charge in [-0.2, -0.15) is 0 Å². The van der Waals surface area contributed by atoms with E-state index in [1.165, 1.54) is 11.1 Å². The third-order valence-electron chi connectivity index (χ3n) is 5.76. The Hall–Kier alpha value is -1.73. The molecule has 142 valence electrons. The predicted octanol–water partition coefficient (Wildman–Crippen LogP) is 2.03. The van der Waals surface area contributed by atoms with E-state index in [9.17, 15) is 0 Å². The number of ether oxygens (including phenoxy) is 1. The molecule has 1 aromatic carbocycles. The van der Waals surface area contributed by atoms with Crippen LogP contribution < -0.4 is 10.6 Å². The Bertz CT molecular complexity index is 736. The molecular weight excluding hydrogens is 356 g/mol. The predicted molar refractivity (Wildman–Crippen MR) is 111 cm³/mol. The van der Waals surface area contributed by atoms with E-state index in [-0.39, 0.29) is 6.17 Å². The lowest BCUT2D eigenvalue weighted by molar-refractivity contribution is 0.0277. The Kier molecular flexibility index (Phi) is 4.97. The van der Waals surface area contributed by atoms with Crippen molar-refractivity contribution >= 4 is 17.3 Å². The summed E-state index contributed by atoms with van der Waals surface area (Å²) in [7, 11) is 0. The first-order valence-electron chi connectivity index (χ1n) is 9.74. The molecule has 0 radical (unpaired) electrons. The normalized spacial score (nSPS) is 33.0. The second kappa shape index (κ2) is 7.72. The van der Waals surface area contributed by atoms with Crippen molar-refractivity contribution in [3.63, 3.8) is 0 Å². The maximum atomic E-state index is 5.55. The topological polar surface area (TPSA) is 39.8 Å². The van der Waals surface area contributed by atoms with Gasteiger partial charge in [0.2, 0.25) is 0 Å². The number of rotatable bonds is 4. The molecule has 2 N–H and O–H groups in total. The second-order valence-corrected chi connectivity index (χ2v) is 8.45. The van der Waals surface area contributed by atoms with Gasteiger partial charge in [0.25, 0.3) is 0 Å². The molecule has 0 bridgehead atoms. The van der Waals surface area contributed by atoms with E-state index in [0.29, 0.717) is 17.5 Å². The Morgan fingerprint density at radius 3 is 2.78 bits per heavy atom. The number of allylic oxidation sites excluding steroid dienone is 2. The van der Waals surface area contributed by atoms with E-state index in [2.05, 4.69) is 80.7 Å². The highest BCUT2D eigenvalue weighted by Crippen LogP contribution is 2.33. The zero-order valence-electron chi connectivity index (χ0n) is 15.3. The minimum Gasteiger partial charge on any atom is -0.379 e. The SMILES string of the molecule is C1=CSC(C2NC3C=CC(c4ccccc4)=CN3C2CN2CCOCC2)N1. The average Bonchev–Trinajstić information content (AvgIpc) is 3.37. The van der Waals surface area contributed by atoms with Crippen LogP contribution in [0.15, 0.2) is 60.3 Å². The van der Waals surface area contributed by atoms with Gasteiger partial charge in [0.05, 0.1) is 36.8 Å². The fourth-order valence-corrected chi connectivity index (χ4v) is 5.26. The van der Waals surface area contributed by atoms with Crippen molar-refractivity contribution in [2.24, 2.45) is 0 Å². The highest BCUT2D eigenvalue weighted by Gasteiger charge is 2.44. The van der Waals surface area contributed by atoms with Crippen molar-refractivity contribution in [2.45, 2.75) is 23.6 Å². The number of thioether (sulfide) groups is 1. The summed E-state index contributed by atoms with van der Waals surface area (Å²) < 4.78 is 5.55. The highest BCUT2D eigenvalue weighted by molar-refractivity contribution is 8.03. The van der Waals surface area contributed by atoms with E-state index >= 15 is 0 Å². The average molecular weight is 383 g/mol. The van der Waals surface area contributed by atoms with Crippen molar-refractivity contribution < 1.29 is 4.74 Å². The van der Waals surface area contributed by atoms with Crippen LogP contribution >= 0.6 is 11.8 Å². The highest BCUT2D eigenvalue weighted by atomic mass is 32.2. The van der Waals surface area contributed by atoms with Crippen LogP contribution in [-0.4, -0.2) is 66.3 Å². The molecule has 6 heteroatoms. The molecule has 4 aliphatic rings. The largest absolute Gasteiger partial charge is 0.379 e. The third-order valence-corrected chi connectivity index (χ3v) is 6.78. The van der Waals surface area contributed by atoms with Gasteiger partial charge < -0.3 is 15.0 Å². The zero-order valence-corrected chi connectivity index (χ0v) is 16.1. The van der Waals surface area contributed by atoms with Gasteiger partial charge in [-0.25, -0.2) is 0 Å². The van der Waals surface area contributed by atoms with Crippen LogP contribution in [0.4, 0.5) is 0 Å². The fraction of sp³-hybridized carbons (Fsp3) is 0.429. The first-order valence-corrected chi connectivity index (χ1v) is 10.7. The Morgan fingerprint density at radius 1 is 1.15 bits per heavy atom. The molecule has 0 aliphatic carbocycles. The first kappa shape index (κ1) is 17.4. The number of hydrogen-bond acceptors (Lipinski definition) is 6. The number of fused-ring (bicyclic) bond motifs is 1. The van der Waals surface area contributed by atoms with Crippen LogP contribution in [0.2, 0.25) is 0 Å². The van der Waals surface area contributed by atoms with Crippen molar-refractivity contribution in [2.75, 3.05) is 32.8 Å². The van der Waals surface area contributed by atoms with Crippen LogP contribution in [0, 0.1) is 0 Å². The maximum absolute atomic E-state index is 5.55. The Balaban J connectivity index is 1.41. The van der Waals surface area contributed by atoms with Crippen LogP contribution in [0.1, 0.15) is 5.56 Å². The minimum absolute atomic E-state index is 0.261. The zero-order chi connectivity index (χ0) is 18.1. The molecule has 4 unspecified atom stereocenters. The molecule has 0 spiro atoms. The van der Waals surface area contributed by atoms with E-state index in [1.54, 1.807) is 0 Å². The molecule has 27 heavy (non-hydrogen) atoms. The summed E-state index contributed by atoms with van der Waals surface area (Å²) in [6, 6.07) is 11.5. The molecular formula is C21H26N4OS. The molecule has 4 aliphatic heterocycles. The molecule has 5 rings (SSSR count). The number of benzene rings is 1. The quantitative estimate of drug-likeness (QED) is 0.830. The van der Waals surface area contributed by atoms with Gasteiger partial charge >= 0.3 is 0 Å². The van der Waals surface area contributed by atoms with Gasteiger partial charge in [-0.05, 0) is 22.6 Å². The van der Waals surface area contributed by atoms with Crippen LogP contribution in [0.25, 0.3) is 5.57 Å². The molecule has 2 fully saturated rings. The molecule has 4 atom stereocenters. The molecule has 2 saturated heterocycles. The molecule has 4 heterocycles. The summed E-state index contributed by atoms with van der Waals surface area (Å²) in [5.41, 5.74) is 2.56. The van der Waals surface area contributed by atoms with Gasteiger partial charge in [-0.3, -0.25) is 10.2 Å². The van der Waals surface area contributed by atoms with Gasteiger partial charge in [-0.1, -0.05) is 36.4 Å².